The van der Waals surface area contributed by atoms with Gasteiger partial charge in [0.1, 0.15) is 6.04 Å². The minimum absolute atomic E-state index is 0.308. The Morgan fingerprint density at radius 1 is 1.62 bits per heavy atom. The summed E-state index contributed by atoms with van der Waals surface area (Å²) in [6, 6.07) is 0.109. The second-order valence-electron chi connectivity index (χ2n) is 4.02. The minimum atomic E-state index is -0.703. The van der Waals surface area contributed by atoms with E-state index in [1.165, 1.54) is 12.8 Å². The van der Waals surface area contributed by atoms with Gasteiger partial charge in [-0.15, -0.1) is 0 Å². The van der Waals surface area contributed by atoms with Gasteiger partial charge in [-0.2, -0.15) is 0 Å². The Balaban J connectivity index is 2.37. The summed E-state index contributed by atoms with van der Waals surface area (Å²) in [4.78, 5) is 10.7. The Morgan fingerprint density at radius 3 is 2.77 bits per heavy atom. The van der Waals surface area contributed by atoms with Crippen molar-refractivity contribution in [3.8, 4) is 0 Å². The van der Waals surface area contributed by atoms with E-state index >= 15 is 0 Å². The van der Waals surface area contributed by atoms with Crippen LogP contribution in [0.5, 0.6) is 0 Å². The summed E-state index contributed by atoms with van der Waals surface area (Å²) in [6.07, 6.45) is 4.27. The summed E-state index contributed by atoms with van der Waals surface area (Å²) in [5.41, 5.74) is 0. The third-order valence-electron chi connectivity index (χ3n) is 2.88. The predicted molar refractivity (Wildman–Crippen MR) is 51.7 cm³/mol. The molecule has 0 aromatic rings. The fraction of sp³-hybridized carbons (Fsp3) is 0.900. The molecule has 0 radical (unpaired) electrons. The number of carbonyl (C=O) groups is 1. The van der Waals surface area contributed by atoms with E-state index in [1.807, 2.05) is 0 Å². The van der Waals surface area contributed by atoms with E-state index in [0.29, 0.717) is 12.0 Å². The summed E-state index contributed by atoms with van der Waals surface area (Å²) >= 11 is 0. The van der Waals surface area contributed by atoms with Gasteiger partial charge in [-0.05, 0) is 18.8 Å². The molecule has 0 bridgehead atoms. The van der Waals surface area contributed by atoms with Gasteiger partial charge >= 0.3 is 5.97 Å². The molecule has 0 spiro atoms. The van der Waals surface area contributed by atoms with E-state index in [0.717, 1.165) is 12.8 Å². The molecular formula is C10H19NO2. The van der Waals surface area contributed by atoms with Crippen LogP contribution in [0.1, 0.15) is 39.5 Å². The van der Waals surface area contributed by atoms with Crippen LogP contribution in [0.2, 0.25) is 0 Å². The molecule has 3 heteroatoms. The molecule has 0 unspecified atom stereocenters. The summed E-state index contributed by atoms with van der Waals surface area (Å²) in [5, 5.41) is 12.0. The zero-order chi connectivity index (χ0) is 9.84. The van der Waals surface area contributed by atoms with Crippen molar-refractivity contribution < 1.29 is 9.90 Å². The standard InChI is InChI=1S/C10H19NO2/c1-3-4-5-8-7(2)6-9(11-8)10(12)13/h7-9,11H,3-6H2,1-2H3,(H,12,13)/t7-,8-,9-/m0/s1. The highest BCUT2D eigenvalue weighted by atomic mass is 16.4. The van der Waals surface area contributed by atoms with Gasteiger partial charge in [-0.25, -0.2) is 0 Å². The van der Waals surface area contributed by atoms with Crippen molar-refractivity contribution in [1.29, 1.82) is 0 Å². The lowest BCUT2D eigenvalue weighted by molar-refractivity contribution is -0.139. The lowest BCUT2D eigenvalue weighted by Gasteiger charge is -2.14. The van der Waals surface area contributed by atoms with Gasteiger partial charge in [0.05, 0.1) is 0 Å². The molecule has 0 aliphatic carbocycles. The van der Waals surface area contributed by atoms with Crippen LogP contribution in [0.25, 0.3) is 0 Å². The second-order valence-corrected chi connectivity index (χ2v) is 4.02. The fourth-order valence-corrected chi connectivity index (χ4v) is 1.99. The predicted octanol–water partition coefficient (Wildman–Crippen LogP) is 1.63. The molecule has 0 aromatic heterocycles. The highest BCUT2D eigenvalue weighted by Crippen LogP contribution is 2.23. The van der Waals surface area contributed by atoms with Gasteiger partial charge in [0, 0.05) is 6.04 Å². The quantitative estimate of drug-likeness (QED) is 0.700. The maximum Gasteiger partial charge on any atom is 0.320 e. The van der Waals surface area contributed by atoms with Gasteiger partial charge < -0.3 is 10.4 Å². The molecule has 3 atom stereocenters. The molecule has 1 heterocycles. The largest absolute Gasteiger partial charge is 0.480 e. The highest BCUT2D eigenvalue weighted by molar-refractivity contribution is 5.73. The van der Waals surface area contributed by atoms with Crippen LogP contribution in [0, 0.1) is 5.92 Å². The van der Waals surface area contributed by atoms with Crippen LogP contribution in [0.15, 0.2) is 0 Å². The van der Waals surface area contributed by atoms with Crippen molar-refractivity contribution in [3.05, 3.63) is 0 Å². The first-order valence-corrected chi connectivity index (χ1v) is 5.14. The first kappa shape index (κ1) is 10.5. The van der Waals surface area contributed by atoms with Crippen molar-refractivity contribution >= 4 is 5.97 Å². The van der Waals surface area contributed by atoms with Gasteiger partial charge in [-0.1, -0.05) is 26.7 Å². The molecule has 0 amide bonds. The van der Waals surface area contributed by atoms with Crippen LogP contribution in [0.4, 0.5) is 0 Å². The van der Waals surface area contributed by atoms with E-state index < -0.39 is 5.97 Å². The lowest BCUT2D eigenvalue weighted by Crippen LogP contribution is -2.35. The molecule has 3 nitrogen and oxygen atoms in total. The van der Waals surface area contributed by atoms with Crippen LogP contribution in [0.3, 0.4) is 0 Å². The monoisotopic (exact) mass is 185 g/mol. The second kappa shape index (κ2) is 4.61. The van der Waals surface area contributed by atoms with Crippen molar-refractivity contribution in [2.24, 2.45) is 5.92 Å². The van der Waals surface area contributed by atoms with Crippen LogP contribution < -0.4 is 5.32 Å². The number of unbranched alkanes of at least 4 members (excludes halogenated alkanes) is 1. The number of nitrogens with one attached hydrogen (secondary N) is 1. The zero-order valence-electron chi connectivity index (χ0n) is 8.42. The number of carboxylic acid groups (broad SMARTS) is 1. The van der Waals surface area contributed by atoms with Crippen molar-refractivity contribution in [2.45, 2.75) is 51.6 Å². The van der Waals surface area contributed by atoms with E-state index in [4.69, 9.17) is 5.11 Å². The molecule has 1 rings (SSSR count). The van der Waals surface area contributed by atoms with E-state index in [-0.39, 0.29) is 6.04 Å². The summed E-state index contributed by atoms with van der Waals surface area (Å²) in [5.74, 6) is -0.196. The average Bonchev–Trinajstić information content (AvgIpc) is 2.44. The third kappa shape index (κ3) is 2.69. The van der Waals surface area contributed by atoms with Gasteiger partial charge in [0.15, 0.2) is 0 Å². The van der Waals surface area contributed by atoms with Crippen LogP contribution in [-0.2, 0) is 4.79 Å². The summed E-state index contributed by atoms with van der Waals surface area (Å²) in [6.45, 7) is 4.30. The number of rotatable bonds is 4. The van der Waals surface area contributed by atoms with Crippen LogP contribution >= 0.6 is 0 Å². The lowest BCUT2D eigenvalue weighted by atomic mass is 9.97. The Bertz CT molecular complexity index is 182. The minimum Gasteiger partial charge on any atom is -0.480 e. The Hall–Kier alpha value is -0.570. The van der Waals surface area contributed by atoms with Crippen LogP contribution in [-0.4, -0.2) is 23.2 Å². The number of hydrogen-bond donors (Lipinski definition) is 2. The molecule has 1 aliphatic rings. The van der Waals surface area contributed by atoms with Gasteiger partial charge in [0.2, 0.25) is 0 Å². The number of hydrogen-bond acceptors (Lipinski definition) is 2. The van der Waals surface area contributed by atoms with Crippen molar-refractivity contribution in [2.75, 3.05) is 0 Å². The topological polar surface area (TPSA) is 49.3 Å². The first-order valence-electron chi connectivity index (χ1n) is 5.14. The van der Waals surface area contributed by atoms with E-state index in [1.54, 1.807) is 0 Å². The highest BCUT2D eigenvalue weighted by Gasteiger charge is 2.33. The van der Waals surface area contributed by atoms with Gasteiger partial charge in [-0.3, -0.25) is 4.79 Å². The van der Waals surface area contributed by atoms with Crippen molar-refractivity contribution in [3.63, 3.8) is 0 Å². The first-order chi connectivity index (χ1) is 6.15. The maximum absolute atomic E-state index is 10.7. The molecular weight excluding hydrogens is 166 g/mol. The molecule has 1 fully saturated rings. The summed E-state index contributed by atoms with van der Waals surface area (Å²) in [7, 11) is 0. The molecule has 76 valence electrons. The zero-order valence-corrected chi connectivity index (χ0v) is 8.42. The number of aliphatic carboxylic acids is 1. The molecule has 0 saturated carbocycles. The van der Waals surface area contributed by atoms with E-state index in [9.17, 15) is 4.79 Å². The molecule has 1 aliphatic heterocycles. The fourth-order valence-electron chi connectivity index (χ4n) is 1.99. The molecule has 13 heavy (non-hydrogen) atoms. The maximum atomic E-state index is 10.7. The van der Waals surface area contributed by atoms with Crippen molar-refractivity contribution in [1.82, 2.24) is 5.32 Å². The third-order valence-corrected chi connectivity index (χ3v) is 2.88. The SMILES string of the molecule is CCCC[C@@H]1N[C@H](C(=O)O)C[C@@H]1C. The summed E-state index contributed by atoms with van der Waals surface area (Å²) < 4.78 is 0. The molecule has 0 aromatic carbocycles. The Morgan fingerprint density at radius 2 is 2.31 bits per heavy atom. The number of carboxylic acids is 1. The smallest absolute Gasteiger partial charge is 0.320 e. The average molecular weight is 185 g/mol. The van der Waals surface area contributed by atoms with E-state index in [2.05, 4.69) is 19.2 Å². The normalized spacial score (nSPS) is 33.5. The van der Waals surface area contributed by atoms with Gasteiger partial charge in [0.25, 0.3) is 0 Å². The molecule has 1 saturated heterocycles. The Kier molecular flexibility index (Phi) is 3.72. The molecule has 2 N–H and O–H groups in total. The Labute approximate surface area is 79.5 Å².